The molecule has 1 N–H and O–H groups in total. The predicted molar refractivity (Wildman–Crippen MR) is 66.6 cm³/mol. The smallest absolute Gasteiger partial charge is 0.303 e. The van der Waals surface area contributed by atoms with Crippen LogP contribution in [0.15, 0.2) is 18.5 Å². The molecule has 1 aromatic heterocycles. The zero-order valence-electron chi connectivity index (χ0n) is 10.8. The summed E-state index contributed by atoms with van der Waals surface area (Å²) in [4.78, 5) is 16.4. The number of aliphatic carboxylic acids is 1. The first-order valence-electron chi connectivity index (χ1n) is 6.04. The Bertz CT molecular complexity index is 396. The number of hydrogen-bond acceptors (Lipinski definition) is 3. The minimum Gasteiger partial charge on any atom is -0.481 e. The standard InChI is InChI=1S/C13H19FN2O2/c1-10(2)16(5-3-4-13(17)18)9-11-6-12(14)8-15-7-11/h6-8,10H,3-5,9H2,1-2H3,(H,17,18). The van der Waals surface area contributed by atoms with Crippen LogP contribution in [-0.2, 0) is 11.3 Å². The van der Waals surface area contributed by atoms with E-state index in [2.05, 4.69) is 9.88 Å². The van der Waals surface area contributed by atoms with Crippen LogP contribution in [0.5, 0.6) is 0 Å². The lowest BCUT2D eigenvalue weighted by Crippen LogP contribution is -2.31. The average molecular weight is 254 g/mol. The summed E-state index contributed by atoms with van der Waals surface area (Å²) in [5.41, 5.74) is 0.805. The van der Waals surface area contributed by atoms with Crippen molar-refractivity contribution in [3.8, 4) is 0 Å². The molecule has 0 aliphatic rings. The number of pyridine rings is 1. The number of aromatic nitrogens is 1. The SMILES string of the molecule is CC(C)N(CCCC(=O)O)Cc1cncc(F)c1. The number of carboxylic acid groups (broad SMARTS) is 1. The summed E-state index contributed by atoms with van der Waals surface area (Å²) >= 11 is 0. The van der Waals surface area contributed by atoms with E-state index in [0.717, 1.165) is 5.56 Å². The van der Waals surface area contributed by atoms with Crippen molar-refractivity contribution in [1.82, 2.24) is 9.88 Å². The molecule has 0 aromatic carbocycles. The van der Waals surface area contributed by atoms with Crippen LogP contribution in [0, 0.1) is 5.82 Å². The average Bonchev–Trinajstić information content (AvgIpc) is 2.27. The van der Waals surface area contributed by atoms with Gasteiger partial charge in [-0.1, -0.05) is 0 Å². The van der Waals surface area contributed by atoms with Gasteiger partial charge in [0, 0.05) is 25.2 Å². The summed E-state index contributed by atoms with van der Waals surface area (Å²) in [5, 5.41) is 8.61. The molecule has 0 unspecified atom stereocenters. The molecule has 18 heavy (non-hydrogen) atoms. The van der Waals surface area contributed by atoms with E-state index in [1.807, 2.05) is 13.8 Å². The fourth-order valence-electron chi connectivity index (χ4n) is 1.73. The Morgan fingerprint density at radius 2 is 2.22 bits per heavy atom. The summed E-state index contributed by atoms with van der Waals surface area (Å²) < 4.78 is 13.0. The van der Waals surface area contributed by atoms with Crippen LogP contribution in [-0.4, -0.2) is 33.5 Å². The van der Waals surface area contributed by atoms with Crippen molar-refractivity contribution in [2.45, 2.75) is 39.3 Å². The molecule has 0 fully saturated rings. The number of rotatable bonds is 7. The summed E-state index contributed by atoms with van der Waals surface area (Å²) in [6.07, 6.45) is 3.56. The Morgan fingerprint density at radius 3 is 2.78 bits per heavy atom. The first kappa shape index (κ1) is 14.6. The van der Waals surface area contributed by atoms with Crippen LogP contribution in [0.3, 0.4) is 0 Å². The van der Waals surface area contributed by atoms with Crippen LogP contribution < -0.4 is 0 Å². The molecule has 5 heteroatoms. The third-order valence-corrected chi connectivity index (χ3v) is 2.71. The number of carboxylic acids is 1. The summed E-state index contributed by atoms with van der Waals surface area (Å²) in [7, 11) is 0. The lowest BCUT2D eigenvalue weighted by Gasteiger charge is -2.26. The fraction of sp³-hybridized carbons (Fsp3) is 0.538. The van der Waals surface area contributed by atoms with Crippen molar-refractivity contribution in [1.29, 1.82) is 0 Å². The van der Waals surface area contributed by atoms with Gasteiger partial charge in [0.15, 0.2) is 0 Å². The fourth-order valence-corrected chi connectivity index (χ4v) is 1.73. The van der Waals surface area contributed by atoms with Crippen molar-refractivity contribution < 1.29 is 14.3 Å². The monoisotopic (exact) mass is 254 g/mol. The van der Waals surface area contributed by atoms with Gasteiger partial charge in [0.1, 0.15) is 5.82 Å². The molecule has 0 saturated carbocycles. The third-order valence-electron chi connectivity index (χ3n) is 2.71. The maximum absolute atomic E-state index is 13.0. The Labute approximate surface area is 106 Å². The quantitative estimate of drug-likeness (QED) is 0.811. The molecule has 0 bridgehead atoms. The Kier molecular flexibility index (Phi) is 5.71. The summed E-state index contributed by atoms with van der Waals surface area (Å²) in [6.45, 7) is 5.34. The molecule has 4 nitrogen and oxygen atoms in total. The number of hydrogen-bond donors (Lipinski definition) is 1. The lowest BCUT2D eigenvalue weighted by atomic mass is 10.2. The van der Waals surface area contributed by atoms with Crippen LogP contribution in [0.4, 0.5) is 4.39 Å². The molecule has 0 radical (unpaired) electrons. The largest absolute Gasteiger partial charge is 0.481 e. The zero-order valence-corrected chi connectivity index (χ0v) is 10.8. The molecule has 0 aliphatic carbocycles. The Morgan fingerprint density at radius 1 is 1.50 bits per heavy atom. The van der Waals surface area contributed by atoms with Gasteiger partial charge >= 0.3 is 5.97 Å². The van der Waals surface area contributed by atoms with Crippen molar-refractivity contribution in [3.05, 3.63) is 29.8 Å². The van der Waals surface area contributed by atoms with Crippen LogP contribution in [0.25, 0.3) is 0 Å². The lowest BCUT2D eigenvalue weighted by molar-refractivity contribution is -0.137. The molecule has 1 heterocycles. The van der Waals surface area contributed by atoms with Gasteiger partial charge in [0.25, 0.3) is 0 Å². The number of halogens is 1. The van der Waals surface area contributed by atoms with Crippen molar-refractivity contribution in [2.75, 3.05) is 6.54 Å². The highest BCUT2D eigenvalue weighted by atomic mass is 19.1. The van der Waals surface area contributed by atoms with Gasteiger partial charge in [-0.2, -0.15) is 0 Å². The van der Waals surface area contributed by atoms with Gasteiger partial charge in [0.05, 0.1) is 6.20 Å². The van der Waals surface area contributed by atoms with Gasteiger partial charge < -0.3 is 5.11 Å². The highest BCUT2D eigenvalue weighted by molar-refractivity contribution is 5.66. The van der Waals surface area contributed by atoms with Crippen LogP contribution in [0.1, 0.15) is 32.3 Å². The van der Waals surface area contributed by atoms with Crippen molar-refractivity contribution in [3.63, 3.8) is 0 Å². The molecule has 0 spiro atoms. The van der Waals surface area contributed by atoms with E-state index in [1.54, 1.807) is 6.20 Å². The molecular formula is C13H19FN2O2. The molecule has 0 amide bonds. The topological polar surface area (TPSA) is 53.4 Å². The Hall–Kier alpha value is -1.49. The maximum Gasteiger partial charge on any atom is 0.303 e. The van der Waals surface area contributed by atoms with Gasteiger partial charge in [-0.25, -0.2) is 4.39 Å². The molecule has 0 saturated heterocycles. The molecule has 0 aliphatic heterocycles. The molecule has 1 aromatic rings. The highest BCUT2D eigenvalue weighted by Crippen LogP contribution is 2.10. The molecule has 1 rings (SSSR count). The van der Waals surface area contributed by atoms with E-state index in [0.29, 0.717) is 19.5 Å². The number of nitrogens with zero attached hydrogens (tertiary/aromatic N) is 2. The minimum absolute atomic E-state index is 0.157. The molecular weight excluding hydrogens is 235 g/mol. The summed E-state index contributed by atoms with van der Waals surface area (Å²) in [5.74, 6) is -1.13. The van der Waals surface area contributed by atoms with Crippen molar-refractivity contribution >= 4 is 5.97 Å². The van der Waals surface area contributed by atoms with E-state index < -0.39 is 5.97 Å². The predicted octanol–water partition coefficient (Wildman–Crippen LogP) is 2.30. The second kappa shape index (κ2) is 7.06. The normalized spacial score (nSPS) is 11.2. The van der Waals surface area contributed by atoms with E-state index in [9.17, 15) is 9.18 Å². The number of carbonyl (C=O) groups is 1. The second-order valence-corrected chi connectivity index (χ2v) is 4.57. The highest BCUT2D eigenvalue weighted by Gasteiger charge is 2.11. The van der Waals surface area contributed by atoms with Gasteiger partial charge in [-0.15, -0.1) is 0 Å². The molecule has 0 atom stereocenters. The summed E-state index contributed by atoms with van der Waals surface area (Å²) in [6, 6.07) is 1.74. The van der Waals surface area contributed by atoms with Crippen molar-refractivity contribution in [2.24, 2.45) is 0 Å². The zero-order chi connectivity index (χ0) is 13.5. The van der Waals surface area contributed by atoms with Gasteiger partial charge in [-0.05, 0) is 38.4 Å². The third kappa shape index (κ3) is 5.23. The Balaban J connectivity index is 2.54. The van der Waals surface area contributed by atoms with E-state index in [1.165, 1.54) is 12.3 Å². The van der Waals surface area contributed by atoms with Crippen LogP contribution in [0.2, 0.25) is 0 Å². The van der Waals surface area contributed by atoms with Gasteiger partial charge in [-0.3, -0.25) is 14.7 Å². The van der Waals surface area contributed by atoms with Gasteiger partial charge in [0.2, 0.25) is 0 Å². The maximum atomic E-state index is 13.0. The first-order chi connectivity index (χ1) is 8.49. The molecule has 100 valence electrons. The van der Waals surface area contributed by atoms with E-state index in [4.69, 9.17) is 5.11 Å². The first-order valence-corrected chi connectivity index (χ1v) is 6.04. The second-order valence-electron chi connectivity index (χ2n) is 4.57. The van der Waals surface area contributed by atoms with Crippen LogP contribution >= 0.6 is 0 Å². The van der Waals surface area contributed by atoms with E-state index in [-0.39, 0.29) is 18.3 Å². The minimum atomic E-state index is -0.786. The van der Waals surface area contributed by atoms with E-state index >= 15 is 0 Å².